The fourth-order valence-electron chi connectivity index (χ4n) is 1.88. The molecule has 7 heteroatoms. The van der Waals surface area contributed by atoms with Crippen molar-refractivity contribution in [2.75, 3.05) is 6.54 Å². The Kier molecular flexibility index (Phi) is 7.37. The maximum absolute atomic E-state index is 13.7. The molecule has 0 spiro atoms. The van der Waals surface area contributed by atoms with Gasteiger partial charge in [-0.2, -0.15) is 5.10 Å². The van der Waals surface area contributed by atoms with E-state index >= 15 is 0 Å². The smallest absolute Gasteiger partial charge is 0.187 e. The number of hydrogen-bond donors (Lipinski definition) is 2. The molecule has 0 aliphatic carbocycles. The van der Waals surface area contributed by atoms with Crippen LogP contribution in [0.3, 0.4) is 0 Å². The van der Waals surface area contributed by atoms with Crippen LogP contribution in [0.1, 0.15) is 11.1 Å². The van der Waals surface area contributed by atoms with Crippen molar-refractivity contribution in [2.45, 2.75) is 6.61 Å². The van der Waals surface area contributed by atoms with Crippen molar-refractivity contribution in [1.29, 1.82) is 0 Å². The molecule has 0 heterocycles. The summed E-state index contributed by atoms with van der Waals surface area (Å²) in [5.41, 5.74) is 3.82. The van der Waals surface area contributed by atoms with Crippen LogP contribution in [0.2, 0.25) is 5.02 Å². The molecule has 4 nitrogen and oxygen atoms in total. The van der Waals surface area contributed by atoms with Crippen LogP contribution in [0.15, 0.2) is 60.2 Å². The van der Waals surface area contributed by atoms with Gasteiger partial charge >= 0.3 is 0 Å². The molecule has 0 atom stereocenters. The molecule has 0 fully saturated rings. The highest BCUT2D eigenvalue weighted by Gasteiger charge is 2.07. The molecule has 2 N–H and O–H groups in total. The van der Waals surface area contributed by atoms with Crippen LogP contribution in [0.4, 0.5) is 4.39 Å². The highest BCUT2D eigenvalue weighted by molar-refractivity contribution is 7.80. The van der Waals surface area contributed by atoms with Crippen molar-refractivity contribution >= 4 is 35.1 Å². The zero-order valence-corrected chi connectivity index (χ0v) is 14.9. The van der Waals surface area contributed by atoms with Gasteiger partial charge in [-0.1, -0.05) is 35.9 Å². The van der Waals surface area contributed by atoms with Gasteiger partial charge < -0.3 is 10.1 Å². The van der Waals surface area contributed by atoms with Crippen LogP contribution in [0.25, 0.3) is 0 Å². The molecule has 0 aliphatic heterocycles. The fraction of sp³-hybridized carbons (Fsp3) is 0.111. The Morgan fingerprint density at radius 3 is 2.88 bits per heavy atom. The topological polar surface area (TPSA) is 45.7 Å². The zero-order valence-electron chi connectivity index (χ0n) is 13.3. The van der Waals surface area contributed by atoms with Crippen molar-refractivity contribution in [1.82, 2.24) is 10.7 Å². The summed E-state index contributed by atoms with van der Waals surface area (Å²) < 4.78 is 19.4. The van der Waals surface area contributed by atoms with Crippen molar-refractivity contribution in [3.63, 3.8) is 0 Å². The molecular weight excluding hydrogens is 361 g/mol. The predicted molar refractivity (Wildman–Crippen MR) is 104 cm³/mol. The summed E-state index contributed by atoms with van der Waals surface area (Å²) in [6.45, 7) is 4.19. The van der Waals surface area contributed by atoms with Crippen LogP contribution in [0.5, 0.6) is 5.75 Å². The molecule has 0 aromatic heterocycles. The maximum atomic E-state index is 13.7. The van der Waals surface area contributed by atoms with E-state index in [4.69, 9.17) is 28.6 Å². The number of ether oxygens (including phenoxy) is 1. The summed E-state index contributed by atoms with van der Waals surface area (Å²) in [5, 5.41) is 7.66. The van der Waals surface area contributed by atoms with Gasteiger partial charge in [0.2, 0.25) is 0 Å². The largest absolute Gasteiger partial charge is 0.489 e. The van der Waals surface area contributed by atoms with E-state index in [1.807, 2.05) is 12.1 Å². The Balaban J connectivity index is 1.94. The number of nitrogens with zero attached hydrogens (tertiary/aromatic N) is 1. The summed E-state index contributed by atoms with van der Waals surface area (Å²) >= 11 is 11.0. The Morgan fingerprint density at radius 1 is 1.32 bits per heavy atom. The Labute approximate surface area is 156 Å². The Morgan fingerprint density at radius 2 is 2.12 bits per heavy atom. The monoisotopic (exact) mass is 377 g/mol. The van der Waals surface area contributed by atoms with E-state index in [9.17, 15) is 4.39 Å². The van der Waals surface area contributed by atoms with E-state index < -0.39 is 5.82 Å². The van der Waals surface area contributed by atoms with Crippen molar-refractivity contribution in [2.24, 2.45) is 5.10 Å². The lowest BCUT2D eigenvalue weighted by atomic mass is 10.2. The molecule has 0 saturated carbocycles. The molecule has 2 aromatic rings. The van der Waals surface area contributed by atoms with Gasteiger partial charge in [0.1, 0.15) is 18.2 Å². The molecular formula is C18H17ClFN3OS. The number of benzene rings is 2. The molecule has 0 saturated heterocycles. The normalized spacial score (nSPS) is 10.5. The van der Waals surface area contributed by atoms with Gasteiger partial charge in [0.05, 0.1) is 11.2 Å². The van der Waals surface area contributed by atoms with Gasteiger partial charge in [-0.25, -0.2) is 4.39 Å². The minimum absolute atomic E-state index is 0.0416. The summed E-state index contributed by atoms with van der Waals surface area (Å²) in [6.07, 6.45) is 3.30. The number of hydrogen-bond acceptors (Lipinski definition) is 3. The highest BCUT2D eigenvalue weighted by Crippen LogP contribution is 2.21. The van der Waals surface area contributed by atoms with Crippen molar-refractivity contribution in [3.05, 3.63) is 77.1 Å². The van der Waals surface area contributed by atoms with Crippen LogP contribution >= 0.6 is 23.8 Å². The van der Waals surface area contributed by atoms with Gasteiger partial charge in [0.15, 0.2) is 5.11 Å². The summed E-state index contributed by atoms with van der Waals surface area (Å²) in [6, 6.07) is 11.8. The first kappa shape index (κ1) is 18.9. The molecule has 0 amide bonds. The van der Waals surface area contributed by atoms with E-state index in [2.05, 4.69) is 22.4 Å². The third-order valence-corrected chi connectivity index (χ3v) is 3.68. The second-order valence-electron chi connectivity index (χ2n) is 4.93. The fourth-order valence-corrected chi connectivity index (χ4v) is 2.23. The summed E-state index contributed by atoms with van der Waals surface area (Å²) in [4.78, 5) is 0. The molecule has 2 aromatic carbocycles. The van der Waals surface area contributed by atoms with Crippen LogP contribution < -0.4 is 15.5 Å². The van der Waals surface area contributed by atoms with E-state index in [-0.39, 0.29) is 6.61 Å². The molecule has 0 bridgehead atoms. The Bertz CT molecular complexity index is 762. The maximum Gasteiger partial charge on any atom is 0.187 e. The lowest BCUT2D eigenvalue weighted by molar-refractivity contribution is 0.300. The van der Waals surface area contributed by atoms with Gasteiger partial charge in [0.25, 0.3) is 0 Å². The second-order valence-corrected chi connectivity index (χ2v) is 5.75. The molecule has 25 heavy (non-hydrogen) atoms. The summed E-state index contributed by atoms with van der Waals surface area (Å²) in [5.74, 6) is 0.186. The van der Waals surface area contributed by atoms with Gasteiger partial charge in [-0.15, -0.1) is 6.58 Å². The minimum Gasteiger partial charge on any atom is -0.489 e. The molecule has 130 valence electrons. The van der Waals surface area contributed by atoms with Gasteiger partial charge in [-0.3, -0.25) is 5.43 Å². The third kappa shape index (κ3) is 6.17. The molecule has 2 rings (SSSR count). The lowest BCUT2D eigenvalue weighted by Gasteiger charge is -2.09. The molecule has 0 unspecified atom stereocenters. The first-order valence-corrected chi connectivity index (χ1v) is 8.22. The van der Waals surface area contributed by atoms with Crippen molar-refractivity contribution in [3.8, 4) is 5.75 Å². The quantitative estimate of drug-likeness (QED) is 0.331. The first-order valence-electron chi connectivity index (χ1n) is 7.43. The predicted octanol–water partition coefficient (Wildman–Crippen LogP) is 4.04. The Hall–Kier alpha value is -2.44. The third-order valence-electron chi connectivity index (χ3n) is 3.09. The number of thiocarbonyl (C=S) groups is 1. The first-order chi connectivity index (χ1) is 12.1. The number of rotatable bonds is 7. The van der Waals surface area contributed by atoms with Crippen LogP contribution in [-0.4, -0.2) is 17.9 Å². The van der Waals surface area contributed by atoms with Crippen LogP contribution in [0, 0.1) is 5.82 Å². The average Bonchev–Trinajstić information content (AvgIpc) is 2.60. The van der Waals surface area contributed by atoms with Gasteiger partial charge in [0, 0.05) is 12.1 Å². The number of nitrogens with one attached hydrogen (secondary N) is 2. The standard InChI is InChI=1S/C18H17ClFN3OS/c1-2-9-21-18(25)23-22-11-13-5-3-6-14(10-13)24-12-15-16(19)7-4-8-17(15)20/h2-8,10-11H,1,9,12H2,(H2,21,23,25). The highest BCUT2D eigenvalue weighted by atomic mass is 35.5. The SMILES string of the molecule is C=CCNC(=S)NN=Cc1cccc(OCc2c(F)cccc2Cl)c1. The van der Waals surface area contributed by atoms with E-state index in [0.29, 0.717) is 28.0 Å². The second kappa shape index (κ2) is 9.76. The summed E-state index contributed by atoms with van der Waals surface area (Å²) in [7, 11) is 0. The van der Waals surface area contributed by atoms with E-state index in [1.165, 1.54) is 6.07 Å². The van der Waals surface area contributed by atoms with E-state index in [1.54, 1.807) is 36.6 Å². The molecule has 0 radical (unpaired) electrons. The van der Waals surface area contributed by atoms with Crippen LogP contribution in [-0.2, 0) is 6.61 Å². The zero-order chi connectivity index (χ0) is 18.1. The number of hydrazone groups is 1. The molecule has 0 aliphatic rings. The van der Waals surface area contributed by atoms with E-state index in [0.717, 1.165) is 5.56 Å². The minimum atomic E-state index is -0.394. The van der Waals surface area contributed by atoms with Crippen molar-refractivity contribution < 1.29 is 9.13 Å². The van der Waals surface area contributed by atoms with Gasteiger partial charge in [-0.05, 0) is 42.0 Å². The number of halogens is 2. The lowest BCUT2D eigenvalue weighted by Crippen LogP contribution is -2.31. The average molecular weight is 378 g/mol.